The van der Waals surface area contributed by atoms with E-state index in [0.717, 1.165) is 5.69 Å². The molecule has 28 heavy (non-hydrogen) atoms. The zero-order valence-corrected chi connectivity index (χ0v) is 16.0. The molecule has 0 unspecified atom stereocenters. The molecule has 0 aliphatic carbocycles. The lowest BCUT2D eigenvalue weighted by molar-refractivity contribution is -0.116. The maximum Gasteiger partial charge on any atom is 0.332 e. The summed E-state index contributed by atoms with van der Waals surface area (Å²) < 4.78 is 0. The Hall–Kier alpha value is -3.16. The molecule has 0 bridgehead atoms. The van der Waals surface area contributed by atoms with E-state index in [1.165, 1.54) is 4.90 Å². The Morgan fingerprint density at radius 2 is 1.79 bits per heavy atom. The van der Waals surface area contributed by atoms with Crippen LogP contribution in [-0.2, 0) is 4.79 Å². The van der Waals surface area contributed by atoms with Crippen molar-refractivity contribution in [3.63, 3.8) is 0 Å². The van der Waals surface area contributed by atoms with Gasteiger partial charge in [-0.2, -0.15) is 5.10 Å². The van der Waals surface area contributed by atoms with E-state index >= 15 is 0 Å². The highest BCUT2D eigenvalue weighted by molar-refractivity contribution is 6.19. The number of carbonyl (C=O) groups is 3. The average molecular weight is 381 g/mol. The SMILES string of the molecule is Cc1n[nH]c(C)c1C(=O)N1CCC(N2CC(=O)N(c3ccccc3)C2=O)CC1. The number of carbonyl (C=O) groups excluding carboxylic acids is 3. The fourth-order valence-corrected chi connectivity index (χ4v) is 4.04. The number of amides is 4. The normalized spacial score (nSPS) is 18.3. The molecule has 3 heterocycles. The van der Waals surface area contributed by atoms with Gasteiger partial charge in [0.25, 0.3) is 11.8 Å². The Morgan fingerprint density at radius 3 is 2.39 bits per heavy atom. The van der Waals surface area contributed by atoms with Gasteiger partial charge in [-0.25, -0.2) is 9.69 Å². The number of piperidine rings is 1. The number of aromatic amines is 1. The van der Waals surface area contributed by atoms with E-state index in [1.807, 2.05) is 32.0 Å². The molecule has 146 valence electrons. The van der Waals surface area contributed by atoms with Crippen molar-refractivity contribution in [1.29, 1.82) is 0 Å². The summed E-state index contributed by atoms with van der Waals surface area (Å²) in [6, 6.07) is 8.67. The number of hydrogen-bond donors (Lipinski definition) is 1. The first-order valence-corrected chi connectivity index (χ1v) is 9.47. The number of rotatable bonds is 3. The number of aryl methyl sites for hydroxylation is 2. The molecule has 2 aliphatic rings. The first-order chi connectivity index (χ1) is 13.5. The van der Waals surface area contributed by atoms with Gasteiger partial charge in [0.2, 0.25) is 0 Å². The van der Waals surface area contributed by atoms with Crippen LogP contribution in [0, 0.1) is 13.8 Å². The number of para-hydroxylation sites is 1. The molecule has 0 atom stereocenters. The van der Waals surface area contributed by atoms with E-state index < -0.39 is 0 Å². The van der Waals surface area contributed by atoms with E-state index in [9.17, 15) is 14.4 Å². The molecule has 4 rings (SSSR count). The Kier molecular flexibility index (Phi) is 4.62. The number of imide groups is 1. The molecule has 1 aromatic carbocycles. The number of urea groups is 1. The molecule has 4 amide bonds. The Bertz CT molecular complexity index is 896. The van der Waals surface area contributed by atoms with Crippen molar-refractivity contribution < 1.29 is 14.4 Å². The van der Waals surface area contributed by atoms with Crippen LogP contribution in [0.5, 0.6) is 0 Å². The first kappa shape index (κ1) is 18.2. The fraction of sp³-hybridized carbons (Fsp3) is 0.400. The summed E-state index contributed by atoms with van der Waals surface area (Å²) in [4.78, 5) is 42.8. The van der Waals surface area contributed by atoms with Crippen LogP contribution >= 0.6 is 0 Å². The van der Waals surface area contributed by atoms with Gasteiger partial charge >= 0.3 is 6.03 Å². The number of nitrogens with zero attached hydrogens (tertiary/aromatic N) is 4. The van der Waals surface area contributed by atoms with Crippen molar-refractivity contribution in [3.8, 4) is 0 Å². The molecule has 0 saturated carbocycles. The van der Waals surface area contributed by atoms with Gasteiger partial charge in [0, 0.05) is 24.8 Å². The van der Waals surface area contributed by atoms with Crippen molar-refractivity contribution in [3.05, 3.63) is 47.3 Å². The van der Waals surface area contributed by atoms with Gasteiger partial charge in [-0.15, -0.1) is 0 Å². The number of aromatic nitrogens is 2. The number of anilines is 1. The number of H-pyrrole nitrogens is 1. The smallest absolute Gasteiger partial charge is 0.332 e. The van der Waals surface area contributed by atoms with Gasteiger partial charge in [0.05, 0.1) is 16.9 Å². The zero-order chi connectivity index (χ0) is 19.8. The van der Waals surface area contributed by atoms with Gasteiger partial charge < -0.3 is 9.80 Å². The average Bonchev–Trinajstić information content (AvgIpc) is 3.20. The zero-order valence-electron chi connectivity index (χ0n) is 16.0. The Morgan fingerprint density at radius 1 is 1.11 bits per heavy atom. The van der Waals surface area contributed by atoms with Crippen molar-refractivity contribution >= 4 is 23.5 Å². The second-order valence-electron chi connectivity index (χ2n) is 7.31. The first-order valence-electron chi connectivity index (χ1n) is 9.47. The number of nitrogens with one attached hydrogen (secondary N) is 1. The number of likely N-dealkylation sites (tertiary alicyclic amines) is 1. The third kappa shape index (κ3) is 3.04. The maximum absolute atomic E-state index is 12.8. The van der Waals surface area contributed by atoms with Crippen molar-refractivity contribution in [2.24, 2.45) is 0 Å². The summed E-state index contributed by atoms with van der Waals surface area (Å²) in [5.41, 5.74) is 2.69. The summed E-state index contributed by atoms with van der Waals surface area (Å²) in [5.74, 6) is -0.240. The number of benzene rings is 1. The van der Waals surface area contributed by atoms with Crippen LogP contribution in [0.4, 0.5) is 10.5 Å². The monoisotopic (exact) mass is 381 g/mol. The van der Waals surface area contributed by atoms with Crippen LogP contribution in [0.25, 0.3) is 0 Å². The minimum Gasteiger partial charge on any atom is -0.338 e. The quantitative estimate of drug-likeness (QED) is 0.825. The number of hydrogen-bond acceptors (Lipinski definition) is 4. The second-order valence-corrected chi connectivity index (χ2v) is 7.31. The molecule has 2 aromatic rings. The molecule has 8 heteroatoms. The largest absolute Gasteiger partial charge is 0.338 e. The van der Waals surface area contributed by atoms with Crippen LogP contribution in [0.15, 0.2) is 30.3 Å². The van der Waals surface area contributed by atoms with Crippen LogP contribution < -0.4 is 4.90 Å². The van der Waals surface area contributed by atoms with Gasteiger partial charge in [-0.05, 0) is 38.8 Å². The third-order valence-corrected chi connectivity index (χ3v) is 5.54. The summed E-state index contributed by atoms with van der Waals surface area (Å²) in [6.45, 7) is 4.85. The maximum atomic E-state index is 12.8. The Balaban J connectivity index is 1.42. The predicted molar refractivity (Wildman–Crippen MR) is 103 cm³/mol. The minimum atomic E-state index is -0.275. The molecule has 2 saturated heterocycles. The van der Waals surface area contributed by atoms with Gasteiger partial charge in [0.1, 0.15) is 6.54 Å². The standard InChI is InChI=1S/C20H23N5O3/c1-13-18(14(2)22-21-13)19(27)23-10-8-15(9-11-23)24-12-17(26)25(20(24)28)16-6-4-3-5-7-16/h3-7,15H,8-12H2,1-2H3,(H,21,22). The lowest BCUT2D eigenvalue weighted by atomic mass is 10.0. The van der Waals surface area contributed by atoms with Crippen LogP contribution in [0.3, 0.4) is 0 Å². The van der Waals surface area contributed by atoms with Crippen molar-refractivity contribution in [2.75, 3.05) is 24.5 Å². The second kappa shape index (κ2) is 7.10. The summed E-state index contributed by atoms with van der Waals surface area (Å²) >= 11 is 0. The molecular weight excluding hydrogens is 358 g/mol. The van der Waals surface area contributed by atoms with Gasteiger partial charge in [-0.1, -0.05) is 18.2 Å². The van der Waals surface area contributed by atoms with E-state index in [1.54, 1.807) is 21.9 Å². The summed E-state index contributed by atoms with van der Waals surface area (Å²) in [7, 11) is 0. The van der Waals surface area contributed by atoms with E-state index in [4.69, 9.17) is 0 Å². The molecule has 2 aliphatic heterocycles. The third-order valence-electron chi connectivity index (χ3n) is 5.54. The minimum absolute atomic E-state index is 0.0306. The molecule has 2 fully saturated rings. The van der Waals surface area contributed by atoms with E-state index in [-0.39, 0.29) is 30.4 Å². The summed E-state index contributed by atoms with van der Waals surface area (Å²) in [6.07, 6.45) is 1.31. The summed E-state index contributed by atoms with van der Waals surface area (Å²) in [5, 5.41) is 6.95. The highest BCUT2D eigenvalue weighted by Gasteiger charge is 2.42. The van der Waals surface area contributed by atoms with Gasteiger partial charge in [0.15, 0.2) is 0 Å². The van der Waals surface area contributed by atoms with Crippen LogP contribution in [-0.4, -0.2) is 63.5 Å². The highest BCUT2D eigenvalue weighted by atomic mass is 16.2. The molecular formula is C20H23N5O3. The van der Waals surface area contributed by atoms with Crippen molar-refractivity contribution in [1.82, 2.24) is 20.0 Å². The van der Waals surface area contributed by atoms with Gasteiger partial charge in [-0.3, -0.25) is 14.7 Å². The fourth-order valence-electron chi connectivity index (χ4n) is 4.04. The lowest BCUT2D eigenvalue weighted by Gasteiger charge is -2.36. The highest BCUT2D eigenvalue weighted by Crippen LogP contribution is 2.27. The molecule has 1 aromatic heterocycles. The lowest BCUT2D eigenvalue weighted by Crippen LogP contribution is -2.48. The molecule has 1 N–H and O–H groups in total. The van der Waals surface area contributed by atoms with E-state index in [2.05, 4.69) is 10.2 Å². The van der Waals surface area contributed by atoms with Crippen molar-refractivity contribution in [2.45, 2.75) is 32.7 Å². The molecule has 0 spiro atoms. The molecule has 0 radical (unpaired) electrons. The Labute approximate surface area is 163 Å². The topological polar surface area (TPSA) is 89.6 Å². The van der Waals surface area contributed by atoms with Crippen LogP contribution in [0.1, 0.15) is 34.6 Å². The van der Waals surface area contributed by atoms with Crippen LogP contribution in [0.2, 0.25) is 0 Å². The van der Waals surface area contributed by atoms with E-state index in [0.29, 0.717) is 42.9 Å². The molecule has 8 nitrogen and oxygen atoms in total. The predicted octanol–water partition coefficient (Wildman–Crippen LogP) is 2.10.